The molecule has 1 unspecified atom stereocenters. The summed E-state index contributed by atoms with van der Waals surface area (Å²) >= 11 is 3.12. The molecule has 0 spiro atoms. The van der Waals surface area contributed by atoms with Gasteiger partial charge in [0.25, 0.3) is 5.69 Å². The van der Waals surface area contributed by atoms with Gasteiger partial charge in [0.1, 0.15) is 22.4 Å². The van der Waals surface area contributed by atoms with E-state index >= 15 is 0 Å². The Morgan fingerprint density at radius 2 is 2.25 bits per heavy atom. The van der Waals surface area contributed by atoms with E-state index < -0.39 is 16.4 Å². The van der Waals surface area contributed by atoms with Crippen LogP contribution in [0.4, 0.5) is 5.69 Å². The first kappa shape index (κ1) is 16.4. The molecule has 0 aliphatic heterocycles. The Balaban J connectivity index is 2.92. The van der Waals surface area contributed by atoms with Gasteiger partial charge >= 0.3 is 0 Å². The van der Waals surface area contributed by atoms with Crippen molar-refractivity contribution in [3.63, 3.8) is 0 Å². The third-order valence-electron chi connectivity index (χ3n) is 2.77. The molecule has 1 atom stereocenters. The second-order valence-electron chi connectivity index (χ2n) is 4.36. The third-order valence-corrected chi connectivity index (χ3v) is 3.56. The molecule has 0 fully saturated rings. The number of benzene rings is 1. The summed E-state index contributed by atoms with van der Waals surface area (Å²) in [7, 11) is 0. The Hall–Kier alpha value is -1.67. The summed E-state index contributed by atoms with van der Waals surface area (Å²) in [5.74, 6) is -0.273. The number of ether oxygens (including phenoxy) is 1. The first-order chi connectivity index (χ1) is 9.31. The second kappa shape index (κ2) is 6.67. The number of hydrogen-bond donors (Lipinski definition) is 2. The van der Waals surface area contributed by atoms with Crippen LogP contribution in [0.25, 0.3) is 0 Å². The normalized spacial score (nSPS) is 13.6. The number of carbonyl (C=O) groups excluding carboxylic acids is 1. The number of nitro benzene ring substituents is 1. The van der Waals surface area contributed by atoms with Crippen LogP contribution in [0.15, 0.2) is 22.7 Å². The van der Waals surface area contributed by atoms with Crippen LogP contribution in [-0.4, -0.2) is 29.5 Å². The first-order valence-electron chi connectivity index (χ1n) is 5.92. The average molecular weight is 346 g/mol. The highest BCUT2D eigenvalue weighted by molar-refractivity contribution is 9.10. The molecule has 0 bridgehead atoms. The molecule has 0 aliphatic rings. The van der Waals surface area contributed by atoms with E-state index in [4.69, 9.17) is 10.5 Å². The van der Waals surface area contributed by atoms with E-state index in [1.165, 1.54) is 12.1 Å². The van der Waals surface area contributed by atoms with Crippen molar-refractivity contribution in [1.29, 1.82) is 0 Å². The lowest BCUT2D eigenvalue weighted by Gasteiger charge is -2.27. The predicted molar refractivity (Wildman–Crippen MR) is 77.6 cm³/mol. The number of halogens is 1. The molecule has 0 aromatic heterocycles. The zero-order chi connectivity index (χ0) is 15.3. The highest BCUT2D eigenvalue weighted by atomic mass is 79.9. The molecular weight excluding hydrogens is 330 g/mol. The van der Waals surface area contributed by atoms with Gasteiger partial charge < -0.3 is 15.8 Å². The number of rotatable bonds is 7. The molecular formula is C12H16BrN3O4. The second-order valence-corrected chi connectivity index (χ2v) is 5.15. The first-order valence-corrected chi connectivity index (χ1v) is 6.71. The van der Waals surface area contributed by atoms with Gasteiger partial charge in [0.2, 0.25) is 5.91 Å². The summed E-state index contributed by atoms with van der Waals surface area (Å²) in [6.07, 6.45) is 0. The molecule has 3 N–H and O–H groups in total. The predicted octanol–water partition coefficient (Wildman–Crippen LogP) is 1.59. The molecule has 110 valence electrons. The molecule has 1 aromatic rings. The number of primary amides is 1. The maximum absolute atomic E-state index is 11.5. The summed E-state index contributed by atoms with van der Waals surface area (Å²) in [5.41, 5.74) is 4.19. The molecule has 0 saturated heterocycles. The number of hydrogen-bond acceptors (Lipinski definition) is 5. The molecule has 1 amide bonds. The number of likely N-dealkylation sites (N-methyl/N-ethyl adjacent to an activating group) is 1. The highest BCUT2D eigenvalue weighted by Gasteiger charge is 2.31. The van der Waals surface area contributed by atoms with Crippen molar-refractivity contribution < 1.29 is 14.5 Å². The zero-order valence-corrected chi connectivity index (χ0v) is 12.8. The van der Waals surface area contributed by atoms with Crippen molar-refractivity contribution in [3.8, 4) is 5.75 Å². The lowest BCUT2D eigenvalue weighted by molar-refractivity contribution is -0.385. The fraction of sp³-hybridized carbons (Fsp3) is 0.417. The molecule has 1 aromatic carbocycles. The van der Waals surface area contributed by atoms with E-state index in [1.807, 2.05) is 6.92 Å². The molecule has 0 heterocycles. The van der Waals surface area contributed by atoms with E-state index in [2.05, 4.69) is 21.2 Å². The summed E-state index contributed by atoms with van der Waals surface area (Å²) in [6, 6.07) is 4.44. The Morgan fingerprint density at radius 3 is 2.75 bits per heavy atom. The standard InChI is InChI=1S/C12H16BrN3O4/c1-3-15-12(2,11(14)17)7-20-9-6-4-5-8(10(9)13)16(18)19/h4-6,15H,3,7H2,1-2H3,(H2,14,17). The number of nitrogens with two attached hydrogens (primary N) is 1. The highest BCUT2D eigenvalue weighted by Crippen LogP contribution is 2.34. The summed E-state index contributed by atoms with van der Waals surface area (Å²) in [4.78, 5) is 21.8. The topological polar surface area (TPSA) is 107 Å². The van der Waals surface area contributed by atoms with Crippen molar-refractivity contribution in [2.24, 2.45) is 5.73 Å². The van der Waals surface area contributed by atoms with Gasteiger partial charge in [-0.3, -0.25) is 14.9 Å². The molecule has 8 heteroatoms. The van der Waals surface area contributed by atoms with Gasteiger partial charge in [-0.05, 0) is 35.5 Å². The van der Waals surface area contributed by atoms with Crippen molar-refractivity contribution in [1.82, 2.24) is 5.32 Å². The van der Waals surface area contributed by atoms with Crippen molar-refractivity contribution in [3.05, 3.63) is 32.8 Å². The van der Waals surface area contributed by atoms with Crippen molar-refractivity contribution in [2.45, 2.75) is 19.4 Å². The minimum Gasteiger partial charge on any atom is -0.490 e. The van der Waals surface area contributed by atoms with E-state index in [-0.39, 0.29) is 22.5 Å². The van der Waals surface area contributed by atoms with E-state index in [1.54, 1.807) is 13.0 Å². The Morgan fingerprint density at radius 1 is 1.60 bits per heavy atom. The van der Waals surface area contributed by atoms with Gasteiger partial charge in [0, 0.05) is 6.07 Å². The minimum absolute atomic E-state index is 0.0318. The molecule has 7 nitrogen and oxygen atoms in total. The van der Waals surface area contributed by atoms with Crippen LogP contribution in [0, 0.1) is 10.1 Å². The van der Waals surface area contributed by atoms with E-state index in [0.717, 1.165) is 0 Å². The Bertz CT molecular complexity index is 523. The maximum atomic E-state index is 11.5. The van der Waals surface area contributed by atoms with Gasteiger partial charge in [-0.1, -0.05) is 13.0 Å². The average Bonchev–Trinajstić information content (AvgIpc) is 2.37. The monoisotopic (exact) mass is 345 g/mol. The molecule has 20 heavy (non-hydrogen) atoms. The minimum atomic E-state index is -1.04. The number of nitrogens with one attached hydrogen (secondary N) is 1. The number of nitrogens with zero attached hydrogens (tertiary/aromatic N) is 1. The van der Waals surface area contributed by atoms with Gasteiger partial charge in [-0.2, -0.15) is 0 Å². The number of nitro groups is 1. The number of carbonyl (C=O) groups is 1. The van der Waals surface area contributed by atoms with Crippen LogP contribution in [0.1, 0.15) is 13.8 Å². The van der Waals surface area contributed by atoms with Gasteiger partial charge in [-0.15, -0.1) is 0 Å². The van der Waals surface area contributed by atoms with Crippen molar-refractivity contribution in [2.75, 3.05) is 13.2 Å². The maximum Gasteiger partial charge on any atom is 0.287 e. The summed E-state index contributed by atoms with van der Waals surface area (Å²) in [6.45, 7) is 3.96. The number of amides is 1. The quantitative estimate of drug-likeness (QED) is 0.576. The Kier molecular flexibility index (Phi) is 5.46. The zero-order valence-electron chi connectivity index (χ0n) is 11.2. The van der Waals surface area contributed by atoms with Crippen LogP contribution >= 0.6 is 15.9 Å². The van der Waals surface area contributed by atoms with Crippen LogP contribution in [-0.2, 0) is 4.79 Å². The van der Waals surface area contributed by atoms with E-state index in [9.17, 15) is 14.9 Å². The largest absolute Gasteiger partial charge is 0.490 e. The lowest BCUT2D eigenvalue weighted by atomic mass is 10.0. The Labute approximate surface area is 124 Å². The van der Waals surface area contributed by atoms with Crippen LogP contribution < -0.4 is 15.8 Å². The van der Waals surface area contributed by atoms with E-state index in [0.29, 0.717) is 6.54 Å². The molecule has 0 radical (unpaired) electrons. The third kappa shape index (κ3) is 3.67. The smallest absolute Gasteiger partial charge is 0.287 e. The van der Waals surface area contributed by atoms with Gasteiger partial charge in [0.05, 0.1) is 4.92 Å². The summed E-state index contributed by atoms with van der Waals surface area (Å²) < 4.78 is 5.72. The molecule has 1 rings (SSSR count). The fourth-order valence-electron chi connectivity index (χ4n) is 1.57. The summed E-state index contributed by atoms with van der Waals surface area (Å²) in [5, 5.41) is 13.8. The fourth-order valence-corrected chi connectivity index (χ4v) is 2.10. The van der Waals surface area contributed by atoms with Gasteiger partial charge in [0.15, 0.2) is 0 Å². The van der Waals surface area contributed by atoms with Crippen LogP contribution in [0.5, 0.6) is 5.75 Å². The SMILES string of the molecule is CCNC(C)(COc1cccc([N+](=O)[O-])c1Br)C(N)=O. The van der Waals surface area contributed by atoms with Crippen LogP contribution in [0.2, 0.25) is 0 Å². The van der Waals surface area contributed by atoms with Crippen LogP contribution in [0.3, 0.4) is 0 Å². The molecule has 0 aliphatic carbocycles. The van der Waals surface area contributed by atoms with Gasteiger partial charge in [-0.25, -0.2) is 0 Å². The lowest BCUT2D eigenvalue weighted by Crippen LogP contribution is -2.57. The van der Waals surface area contributed by atoms with Crippen molar-refractivity contribution >= 4 is 27.5 Å². The molecule has 0 saturated carbocycles.